The molecule has 0 bridgehead atoms. The number of amides is 1. The Bertz CT molecular complexity index is 634. The van der Waals surface area contributed by atoms with Crippen molar-refractivity contribution in [2.24, 2.45) is 0 Å². The number of aryl methyl sites for hydroxylation is 2. The molecule has 2 aromatic rings. The van der Waals surface area contributed by atoms with Crippen LogP contribution in [-0.2, 0) is 11.2 Å². The lowest BCUT2D eigenvalue weighted by Crippen LogP contribution is -2.12. The van der Waals surface area contributed by atoms with Gasteiger partial charge < -0.3 is 9.52 Å². The van der Waals surface area contributed by atoms with Crippen molar-refractivity contribution in [1.29, 1.82) is 0 Å². The summed E-state index contributed by atoms with van der Waals surface area (Å²) in [6.07, 6.45) is 1.58. The van der Waals surface area contributed by atoms with Gasteiger partial charge in [-0.15, -0.1) is 0 Å². The average Bonchev–Trinajstić information content (AvgIpc) is 2.84. The fourth-order valence-corrected chi connectivity index (χ4v) is 1.67. The van der Waals surface area contributed by atoms with E-state index in [-0.39, 0.29) is 24.8 Å². The lowest BCUT2D eigenvalue weighted by molar-refractivity contribution is -0.136. The fraction of sp³-hybridized carbons (Fsp3) is 0.214. The Morgan fingerprint density at radius 2 is 2.20 bits per heavy atom. The van der Waals surface area contributed by atoms with Crippen LogP contribution in [0.3, 0.4) is 0 Å². The third kappa shape index (κ3) is 3.68. The molecule has 6 heteroatoms. The molecule has 0 aliphatic heterocycles. The summed E-state index contributed by atoms with van der Waals surface area (Å²) in [6, 6.07) is 7.20. The number of hydrogen-bond donors (Lipinski definition) is 2. The summed E-state index contributed by atoms with van der Waals surface area (Å²) in [7, 11) is 0. The highest BCUT2D eigenvalue weighted by Crippen LogP contribution is 2.12. The van der Waals surface area contributed by atoms with Gasteiger partial charge in [-0.3, -0.25) is 14.9 Å². The van der Waals surface area contributed by atoms with Gasteiger partial charge in [-0.1, -0.05) is 17.7 Å². The lowest BCUT2D eigenvalue weighted by atomic mass is 10.1. The van der Waals surface area contributed by atoms with Crippen molar-refractivity contribution >= 4 is 17.9 Å². The van der Waals surface area contributed by atoms with Crippen molar-refractivity contribution < 1.29 is 19.1 Å². The fourth-order valence-electron chi connectivity index (χ4n) is 1.67. The minimum absolute atomic E-state index is 0.0300. The summed E-state index contributed by atoms with van der Waals surface area (Å²) in [5.41, 5.74) is 1.98. The normalized spacial score (nSPS) is 10.2. The van der Waals surface area contributed by atoms with Gasteiger partial charge in [-0.2, -0.15) is 4.98 Å². The number of hydrogen-bond acceptors (Lipinski definition) is 4. The number of carboxylic acid groups (broad SMARTS) is 1. The van der Waals surface area contributed by atoms with Gasteiger partial charge in [0.05, 0.1) is 12.1 Å². The van der Waals surface area contributed by atoms with Crippen LogP contribution < -0.4 is 5.32 Å². The number of carboxylic acids is 1. The predicted octanol–water partition coefficient (Wildman–Crippen LogP) is 2.25. The van der Waals surface area contributed by atoms with Crippen LogP contribution in [0.15, 0.2) is 34.9 Å². The van der Waals surface area contributed by atoms with Gasteiger partial charge in [0.2, 0.25) is 0 Å². The molecule has 0 saturated heterocycles. The molecule has 1 aromatic heterocycles. The van der Waals surface area contributed by atoms with Crippen LogP contribution >= 0.6 is 0 Å². The molecule has 0 unspecified atom stereocenters. The topological polar surface area (TPSA) is 92.4 Å². The minimum atomic E-state index is -0.904. The summed E-state index contributed by atoms with van der Waals surface area (Å²) in [4.78, 5) is 26.4. The third-order valence-electron chi connectivity index (χ3n) is 2.65. The number of aliphatic carboxylic acids is 1. The quantitative estimate of drug-likeness (QED) is 0.872. The molecule has 2 N–H and O–H groups in total. The Morgan fingerprint density at radius 1 is 1.40 bits per heavy atom. The average molecular weight is 274 g/mol. The number of anilines is 1. The van der Waals surface area contributed by atoms with E-state index < -0.39 is 5.97 Å². The van der Waals surface area contributed by atoms with Crippen LogP contribution in [0.2, 0.25) is 0 Å². The minimum Gasteiger partial charge on any atom is -0.481 e. The highest BCUT2D eigenvalue weighted by molar-refractivity contribution is 6.03. The molecular weight excluding hydrogens is 260 g/mol. The van der Waals surface area contributed by atoms with E-state index in [0.29, 0.717) is 11.3 Å². The van der Waals surface area contributed by atoms with Crippen LogP contribution in [-0.4, -0.2) is 22.0 Å². The van der Waals surface area contributed by atoms with Crippen LogP contribution in [0.1, 0.15) is 28.0 Å². The first-order valence-corrected chi connectivity index (χ1v) is 6.09. The van der Waals surface area contributed by atoms with E-state index in [9.17, 15) is 9.59 Å². The predicted molar refractivity (Wildman–Crippen MR) is 71.6 cm³/mol. The van der Waals surface area contributed by atoms with Crippen molar-refractivity contribution in [3.63, 3.8) is 0 Å². The maximum atomic E-state index is 11.9. The summed E-state index contributed by atoms with van der Waals surface area (Å²) in [5.74, 6) is -1.22. The maximum Gasteiger partial charge on any atom is 0.303 e. The van der Waals surface area contributed by atoms with E-state index in [4.69, 9.17) is 9.52 Å². The zero-order valence-corrected chi connectivity index (χ0v) is 10.9. The molecule has 1 heterocycles. The van der Waals surface area contributed by atoms with Gasteiger partial charge in [0.25, 0.3) is 5.91 Å². The van der Waals surface area contributed by atoms with Gasteiger partial charge in [-0.05, 0) is 19.1 Å². The number of benzene rings is 1. The van der Waals surface area contributed by atoms with Gasteiger partial charge in [0.15, 0.2) is 0 Å². The van der Waals surface area contributed by atoms with Crippen LogP contribution in [0.4, 0.5) is 6.01 Å². The molecule has 0 aliphatic rings. The summed E-state index contributed by atoms with van der Waals surface area (Å²) >= 11 is 0. The molecule has 2 rings (SSSR count). The largest absolute Gasteiger partial charge is 0.481 e. The molecule has 0 spiro atoms. The van der Waals surface area contributed by atoms with Crippen molar-refractivity contribution in [2.75, 3.05) is 5.32 Å². The van der Waals surface area contributed by atoms with Crippen molar-refractivity contribution in [3.05, 3.63) is 47.3 Å². The highest BCUT2D eigenvalue weighted by atomic mass is 16.4. The number of nitrogens with one attached hydrogen (secondary N) is 1. The Balaban J connectivity index is 1.99. The summed E-state index contributed by atoms with van der Waals surface area (Å²) < 4.78 is 5.08. The zero-order valence-electron chi connectivity index (χ0n) is 10.9. The van der Waals surface area contributed by atoms with Crippen LogP contribution in [0.25, 0.3) is 0 Å². The van der Waals surface area contributed by atoms with Gasteiger partial charge in [-0.25, -0.2) is 0 Å². The Hall–Kier alpha value is -2.63. The summed E-state index contributed by atoms with van der Waals surface area (Å²) in [6.45, 7) is 1.89. The van der Waals surface area contributed by atoms with Crippen LogP contribution in [0, 0.1) is 6.92 Å². The highest BCUT2D eigenvalue weighted by Gasteiger charge is 2.11. The monoisotopic (exact) mass is 274 g/mol. The van der Waals surface area contributed by atoms with Gasteiger partial charge in [0.1, 0.15) is 6.26 Å². The number of carbonyl (C=O) groups excluding carboxylic acids is 1. The lowest BCUT2D eigenvalue weighted by Gasteiger charge is -2.01. The first-order valence-electron chi connectivity index (χ1n) is 6.09. The molecule has 6 nitrogen and oxygen atoms in total. The molecule has 104 valence electrons. The first-order chi connectivity index (χ1) is 9.54. The van der Waals surface area contributed by atoms with E-state index in [2.05, 4.69) is 10.3 Å². The second-order valence-corrected chi connectivity index (χ2v) is 4.36. The van der Waals surface area contributed by atoms with E-state index in [1.54, 1.807) is 18.2 Å². The van der Waals surface area contributed by atoms with E-state index >= 15 is 0 Å². The number of nitrogens with zero attached hydrogens (tertiary/aromatic N) is 1. The van der Waals surface area contributed by atoms with E-state index in [1.807, 2.05) is 13.0 Å². The second-order valence-electron chi connectivity index (χ2n) is 4.36. The van der Waals surface area contributed by atoms with E-state index in [0.717, 1.165) is 5.56 Å². The zero-order chi connectivity index (χ0) is 14.5. The van der Waals surface area contributed by atoms with Crippen LogP contribution in [0.5, 0.6) is 0 Å². The number of oxazole rings is 1. The van der Waals surface area contributed by atoms with Crippen molar-refractivity contribution in [2.45, 2.75) is 19.8 Å². The molecular formula is C14H14N2O4. The van der Waals surface area contributed by atoms with E-state index in [1.165, 1.54) is 6.26 Å². The van der Waals surface area contributed by atoms with Gasteiger partial charge in [0, 0.05) is 12.0 Å². The first kappa shape index (κ1) is 13.8. The molecule has 0 aliphatic carbocycles. The SMILES string of the molecule is Cc1cccc(C(=O)Nc2nc(CCC(=O)O)co2)c1. The molecule has 1 aromatic carbocycles. The van der Waals surface area contributed by atoms with Gasteiger partial charge >= 0.3 is 12.0 Å². The maximum absolute atomic E-state index is 11.9. The number of carbonyl (C=O) groups is 2. The van der Waals surface area contributed by atoms with Crippen molar-refractivity contribution in [3.8, 4) is 0 Å². The molecule has 1 amide bonds. The Kier molecular flexibility index (Phi) is 4.14. The molecule has 0 atom stereocenters. The van der Waals surface area contributed by atoms with Crippen molar-refractivity contribution in [1.82, 2.24) is 4.98 Å². The number of rotatable bonds is 5. The summed E-state index contributed by atoms with van der Waals surface area (Å²) in [5, 5.41) is 11.1. The second kappa shape index (κ2) is 6.01. The molecule has 0 saturated carbocycles. The Morgan fingerprint density at radius 3 is 2.90 bits per heavy atom. The standard InChI is InChI=1S/C14H14N2O4/c1-9-3-2-4-10(7-9)13(19)16-14-15-11(8-20-14)5-6-12(17)18/h2-4,7-8H,5-6H2,1H3,(H,17,18)(H,15,16,19). The third-order valence-corrected chi connectivity index (χ3v) is 2.65. The smallest absolute Gasteiger partial charge is 0.303 e. The molecule has 20 heavy (non-hydrogen) atoms. The molecule has 0 fully saturated rings. The Labute approximate surface area is 115 Å². The number of aromatic nitrogens is 1. The molecule has 0 radical (unpaired) electrons.